The first-order chi connectivity index (χ1) is 10.4. The fraction of sp³-hybridized carbons (Fsp3) is 0.444. The van der Waals surface area contributed by atoms with Crippen LogP contribution in [0.2, 0.25) is 0 Å². The maximum Gasteiger partial charge on any atom is 0.348 e. The number of hydrogen-bond donors (Lipinski definition) is 0. The second-order valence-electron chi connectivity index (χ2n) is 5.23. The van der Waals surface area contributed by atoms with Gasteiger partial charge in [-0.15, -0.1) is 0 Å². The first-order valence-corrected chi connectivity index (χ1v) is 7.26. The Morgan fingerprint density at radius 3 is 2.67 bits per heavy atom. The van der Waals surface area contributed by atoms with Crippen LogP contribution in [0.5, 0.6) is 0 Å². The molecule has 1 rings (SSSR count). The van der Waals surface area contributed by atoms with Gasteiger partial charge in [-0.1, -0.05) is 63.4 Å². The molecule has 0 amide bonds. The Hall–Kier alpha value is -2.08. The van der Waals surface area contributed by atoms with Gasteiger partial charge in [-0.2, -0.15) is 5.26 Å². The van der Waals surface area contributed by atoms with E-state index in [0.717, 1.165) is 31.2 Å². The van der Waals surface area contributed by atoms with Crippen LogP contribution >= 0.6 is 0 Å². The Morgan fingerprint density at radius 2 is 2.05 bits per heavy atom. The van der Waals surface area contributed by atoms with Crippen molar-refractivity contribution in [3.05, 3.63) is 41.5 Å². The van der Waals surface area contributed by atoms with Crippen LogP contribution in [0, 0.1) is 17.2 Å². The zero-order valence-corrected chi connectivity index (χ0v) is 12.8. The van der Waals surface area contributed by atoms with E-state index in [-0.39, 0.29) is 5.57 Å². The molecule has 0 bridgehead atoms. The normalized spacial score (nSPS) is 12.4. The lowest BCUT2D eigenvalue weighted by atomic mass is 10.1. The predicted molar refractivity (Wildman–Crippen MR) is 84.3 cm³/mol. The van der Waals surface area contributed by atoms with Crippen molar-refractivity contribution in [2.75, 3.05) is 6.61 Å². The summed E-state index contributed by atoms with van der Waals surface area (Å²) in [7, 11) is 0. The molecular formula is C18H23NO2. The molecule has 3 nitrogen and oxygen atoms in total. The van der Waals surface area contributed by atoms with Crippen molar-refractivity contribution < 1.29 is 10.9 Å². The molecule has 1 aromatic carbocycles. The van der Waals surface area contributed by atoms with Crippen LogP contribution in [0.3, 0.4) is 0 Å². The predicted octanol–water partition coefficient (Wildman–Crippen LogP) is 4.35. The molecule has 0 N–H and O–H groups in total. The largest absolute Gasteiger partial charge is 0.462 e. The molecular weight excluding hydrogens is 262 g/mol. The SMILES string of the molecule is [2H]C(C)(C)CCCCCOC(=O)C(C#N)=Cc1ccccc1. The van der Waals surface area contributed by atoms with E-state index in [1.807, 2.05) is 50.2 Å². The van der Waals surface area contributed by atoms with Gasteiger partial charge in [0.05, 0.1) is 6.61 Å². The van der Waals surface area contributed by atoms with E-state index in [9.17, 15) is 4.79 Å². The molecule has 0 aliphatic heterocycles. The molecule has 0 aliphatic rings. The molecule has 112 valence electrons. The second kappa shape index (κ2) is 9.77. The highest BCUT2D eigenvalue weighted by atomic mass is 16.5. The molecule has 0 aliphatic carbocycles. The first-order valence-electron chi connectivity index (χ1n) is 7.76. The van der Waals surface area contributed by atoms with Gasteiger partial charge in [0.25, 0.3) is 0 Å². The van der Waals surface area contributed by atoms with Crippen molar-refractivity contribution >= 4 is 12.0 Å². The highest BCUT2D eigenvalue weighted by Gasteiger charge is 2.10. The fourth-order valence-corrected chi connectivity index (χ4v) is 1.85. The van der Waals surface area contributed by atoms with Crippen LogP contribution < -0.4 is 0 Å². The summed E-state index contributed by atoms with van der Waals surface area (Å²) >= 11 is 0. The summed E-state index contributed by atoms with van der Waals surface area (Å²) in [5.41, 5.74) is 0.812. The summed E-state index contributed by atoms with van der Waals surface area (Å²) in [5.74, 6) is -0.976. The van der Waals surface area contributed by atoms with Crippen molar-refractivity contribution in [1.29, 1.82) is 5.26 Å². The van der Waals surface area contributed by atoms with Gasteiger partial charge >= 0.3 is 5.97 Å². The molecule has 0 unspecified atom stereocenters. The maximum absolute atomic E-state index is 11.8. The van der Waals surface area contributed by atoms with E-state index in [0.29, 0.717) is 6.61 Å². The summed E-state index contributed by atoms with van der Waals surface area (Å²) in [6, 6.07) is 11.1. The Balaban J connectivity index is 2.35. The number of ether oxygens (including phenoxy) is 1. The number of benzene rings is 1. The van der Waals surface area contributed by atoms with Crippen molar-refractivity contribution in [1.82, 2.24) is 0 Å². The lowest BCUT2D eigenvalue weighted by Crippen LogP contribution is -2.08. The summed E-state index contributed by atoms with van der Waals surface area (Å²) < 4.78 is 12.9. The summed E-state index contributed by atoms with van der Waals surface area (Å²) in [5, 5.41) is 9.05. The molecule has 1 aromatic rings. The van der Waals surface area contributed by atoms with Crippen LogP contribution in [-0.2, 0) is 9.53 Å². The zero-order chi connectivity index (χ0) is 16.4. The number of rotatable bonds is 8. The summed E-state index contributed by atoms with van der Waals surface area (Å²) in [6.07, 6.45) is 4.98. The van der Waals surface area contributed by atoms with Crippen LogP contribution in [0.25, 0.3) is 6.08 Å². The van der Waals surface area contributed by atoms with Gasteiger partial charge in [-0.25, -0.2) is 4.79 Å². The Morgan fingerprint density at radius 1 is 1.33 bits per heavy atom. The first kappa shape index (κ1) is 15.3. The lowest BCUT2D eigenvalue weighted by Gasteiger charge is -2.05. The fourth-order valence-electron chi connectivity index (χ4n) is 1.85. The minimum absolute atomic E-state index is 0.0125. The molecule has 21 heavy (non-hydrogen) atoms. The smallest absolute Gasteiger partial charge is 0.348 e. The number of nitriles is 1. The number of carbonyl (C=O) groups is 1. The number of hydrogen-bond acceptors (Lipinski definition) is 3. The second-order valence-corrected chi connectivity index (χ2v) is 5.23. The number of esters is 1. The van der Waals surface area contributed by atoms with Gasteiger partial charge in [0, 0.05) is 1.37 Å². The molecule has 0 fully saturated rings. The minimum Gasteiger partial charge on any atom is -0.462 e. The van der Waals surface area contributed by atoms with Crippen LogP contribution in [-0.4, -0.2) is 12.6 Å². The molecule has 0 heterocycles. The molecule has 0 saturated carbocycles. The van der Waals surface area contributed by atoms with Gasteiger partial charge < -0.3 is 4.74 Å². The minimum atomic E-state index is -0.577. The summed E-state index contributed by atoms with van der Waals surface area (Å²) in [6.45, 7) is 4.09. The maximum atomic E-state index is 11.8. The topological polar surface area (TPSA) is 50.1 Å². The van der Waals surface area contributed by atoms with E-state index >= 15 is 0 Å². The van der Waals surface area contributed by atoms with Crippen molar-refractivity contribution in [2.24, 2.45) is 5.89 Å². The molecule has 0 saturated heterocycles. The summed E-state index contributed by atoms with van der Waals surface area (Å²) in [4.78, 5) is 11.8. The molecule has 0 radical (unpaired) electrons. The van der Waals surface area contributed by atoms with Crippen molar-refractivity contribution in [3.63, 3.8) is 0 Å². The zero-order valence-electron chi connectivity index (χ0n) is 13.8. The Bertz CT molecular complexity index is 538. The van der Waals surface area contributed by atoms with Crippen molar-refractivity contribution in [2.45, 2.75) is 39.5 Å². The van der Waals surface area contributed by atoms with Crippen LogP contribution in [0.4, 0.5) is 0 Å². The molecule has 0 aromatic heterocycles. The molecule has 0 atom stereocenters. The third kappa shape index (κ3) is 7.31. The monoisotopic (exact) mass is 286 g/mol. The van der Waals surface area contributed by atoms with E-state index in [1.54, 1.807) is 0 Å². The molecule has 0 spiro atoms. The Kier molecular flexibility index (Phi) is 7.12. The van der Waals surface area contributed by atoms with Crippen LogP contribution in [0.1, 0.15) is 46.5 Å². The van der Waals surface area contributed by atoms with E-state index in [2.05, 4.69) is 0 Å². The van der Waals surface area contributed by atoms with E-state index in [4.69, 9.17) is 11.4 Å². The van der Waals surface area contributed by atoms with Gasteiger partial charge in [-0.05, 0) is 24.0 Å². The quantitative estimate of drug-likeness (QED) is 0.309. The number of nitrogens with zero attached hydrogens (tertiary/aromatic N) is 1. The van der Waals surface area contributed by atoms with Crippen LogP contribution in [0.15, 0.2) is 35.9 Å². The lowest BCUT2D eigenvalue weighted by molar-refractivity contribution is -0.138. The third-order valence-electron chi connectivity index (χ3n) is 3.01. The highest BCUT2D eigenvalue weighted by molar-refractivity contribution is 5.97. The van der Waals surface area contributed by atoms with Gasteiger partial charge in [0.15, 0.2) is 0 Å². The average Bonchev–Trinajstić information content (AvgIpc) is 2.48. The standard InChI is InChI=1S/C18H23NO2/c1-15(2)9-5-4-8-12-21-18(20)17(14-19)13-16-10-6-3-7-11-16/h3,6-7,10-11,13,15H,4-5,8-9,12H2,1-2H3/i15D. The van der Waals surface area contributed by atoms with Gasteiger partial charge in [-0.3, -0.25) is 0 Å². The number of carbonyl (C=O) groups excluding carboxylic acids is 1. The van der Waals surface area contributed by atoms with Gasteiger partial charge in [0.1, 0.15) is 11.6 Å². The highest BCUT2D eigenvalue weighted by Crippen LogP contribution is 2.10. The van der Waals surface area contributed by atoms with E-state index in [1.165, 1.54) is 6.08 Å². The number of unbranched alkanes of at least 4 members (excludes halogenated alkanes) is 2. The molecule has 3 heteroatoms. The van der Waals surface area contributed by atoms with Gasteiger partial charge in [0.2, 0.25) is 0 Å². The van der Waals surface area contributed by atoms with Crippen molar-refractivity contribution in [3.8, 4) is 6.07 Å². The third-order valence-corrected chi connectivity index (χ3v) is 3.01. The average molecular weight is 286 g/mol. The van der Waals surface area contributed by atoms with E-state index < -0.39 is 11.9 Å². The Labute approximate surface area is 128 Å².